The predicted molar refractivity (Wildman–Crippen MR) is 55.4 cm³/mol. The van der Waals surface area contributed by atoms with Crippen LogP contribution >= 0.6 is 0 Å². The summed E-state index contributed by atoms with van der Waals surface area (Å²) in [5.41, 5.74) is 0.746. The van der Waals surface area contributed by atoms with Crippen LogP contribution in [0.4, 0.5) is 4.79 Å². The molecule has 15 heavy (non-hydrogen) atoms. The van der Waals surface area contributed by atoms with E-state index in [4.69, 9.17) is 0 Å². The van der Waals surface area contributed by atoms with Gasteiger partial charge in [-0.15, -0.1) is 0 Å². The second kappa shape index (κ2) is 5.14. The first kappa shape index (κ1) is 11.2. The number of ketones is 1. The van der Waals surface area contributed by atoms with E-state index < -0.39 is 12.1 Å². The van der Waals surface area contributed by atoms with Crippen LogP contribution in [0.5, 0.6) is 0 Å². The molecule has 0 aliphatic rings. The molecule has 0 heterocycles. The lowest BCUT2D eigenvalue weighted by molar-refractivity contribution is -0.119. The van der Waals surface area contributed by atoms with E-state index in [0.717, 1.165) is 5.56 Å². The molecular formula is C11H13NO3. The maximum Gasteiger partial charge on any atom is 0.407 e. The van der Waals surface area contributed by atoms with Crippen LogP contribution in [0.15, 0.2) is 30.3 Å². The van der Waals surface area contributed by atoms with E-state index >= 15 is 0 Å². The van der Waals surface area contributed by atoms with Gasteiger partial charge in [-0.25, -0.2) is 4.79 Å². The number of methoxy groups -OCH3 is 1. The molecule has 4 heteroatoms. The van der Waals surface area contributed by atoms with E-state index in [-0.39, 0.29) is 5.78 Å². The Hall–Kier alpha value is -1.84. The highest BCUT2D eigenvalue weighted by atomic mass is 16.5. The van der Waals surface area contributed by atoms with Crippen LogP contribution in [-0.2, 0) is 9.53 Å². The molecule has 1 rings (SSSR count). The average Bonchev–Trinajstić information content (AvgIpc) is 2.26. The molecule has 0 spiro atoms. The largest absolute Gasteiger partial charge is 0.453 e. The number of ether oxygens (including phenoxy) is 1. The third kappa shape index (κ3) is 3.09. The molecule has 0 bridgehead atoms. The second-order valence-corrected chi connectivity index (χ2v) is 3.09. The van der Waals surface area contributed by atoms with Crippen molar-refractivity contribution in [2.24, 2.45) is 0 Å². The fourth-order valence-corrected chi connectivity index (χ4v) is 1.24. The molecular weight excluding hydrogens is 194 g/mol. The van der Waals surface area contributed by atoms with E-state index in [9.17, 15) is 9.59 Å². The molecule has 0 saturated carbocycles. The Labute approximate surface area is 88.2 Å². The van der Waals surface area contributed by atoms with Gasteiger partial charge in [0, 0.05) is 0 Å². The smallest absolute Gasteiger partial charge is 0.407 e. The van der Waals surface area contributed by atoms with Gasteiger partial charge in [0.25, 0.3) is 0 Å². The van der Waals surface area contributed by atoms with Crippen LogP contribution in [0.1, 0.15) is 18.5 Å². The Morgan fingerprint density at radius 1 is 1.27 bits per heavy atom. The first-order valence-electron chi connectivity index (χ1n) is 4.55. The molecule has 0 radical (unpaired) electrons. The van der Waals surface area contributed by atoms with Gasteiger partial charge >= 0.3 is 6.09 Å². The lowest BCUT2D eigenvalue weighted by Crippen LogP contribution is -2.32. The number of nitrogens with one attached hydrogen (secondary N) is 1. The monoisotopic (exact) mass is 207 g/mol. The SMILES string of the molecule is COC(=O)NC(C(C)=O)c1ccccc1. The van der Waals surface area contributed by atoms with Crippen LogP contribution in [0, 0.1) is 0 Å². The number of hydrogen-bond acceptors (Lipinski definition) is 3. The summed E-state index contributed by atoms with van der Waals surface area (Å²) >= 11 is 0. The van der Waals surface area contributed by atoms with Crippen molar-refractivity contribution in [1.82, 2.24) is 5.32 Å². The Morgan fingerprint density at radius 3 is 2.33 bits per heavy atom. The van der Waals surface area contributed by atoms with Crippen LogP contribution in [-0.4, -0.2) is 19.0 Å². The maximum absolute atomic E-state index is 11.3. The third-order valence-electron chi connectivity index (χ3n) is 1.99. The Bertz CT molecular complexity index is 348. The molecule has 1 N–H and O–H groups in total. The van der Waals surface area contributed by atoms with Gasteiger partial charge in [-0.3, -0.25) is 4.79 Å². The lowest BCUT2D eigenvalue weighted by Gasteiger charge is -2.14. The first-order chi connectivity index (χ1) is 7.15. The van der Waals surface area contributed by atoms with Crippen molar-refractivity contribution >= 4 is 11.9 Å². The minimum absolute atomic E-state index is 0.133. The summed E-state index contributed by atoms with van der Waals surface area (Å²) in [6, 6.07) is 8.38. The van der Waals surface area contributed by atoms with Crippen LogP contribution in [0.3, 0.4) is 0 Å². The minimum Gasteiger partial charge on any atom is -0.453 e. The van der Waals surface area contributed by atoms with E-state index in [0.29, 0.717) is 0 Å². The number of benzene rings is 1. The molecule has 80 valence electrons. The number of Topliss-reactive ketones (excluding diaryl/α,β-unsaturated/α-hetero) is 1. The Morgan fingerprint density at radius 2 is 1.87 bits per heavy atom. The summed E-state index contributed by atoms with van der Waals surface area (Å²) in [4.78, 5) is 22.3. The van der Waals surface area contributed by atoms with E-state index in [1.165, 1.54) is 14.0 Å². The summed E-state index contributed by atoms with van der Waals surface area (Å²) < 4.78 is 4.45. The fourth-order valence-electron chi connectivity index (χ4n) is 1.24. The summed E-state index contributed by atoms with van der Waals surface area (Å²) in [6.45, 7) is 1.42. The first-order valence-corrected chi connectivity index (χ1v) is 4.55. The minimum atomic E-state index is -0.640. The van der Waals surface area contributed by atoms with E-state index in [1.807, 2.05) is 18.2 Å². The number of carbonyl (C=O) groups excluding carboxylic acids is 2. The van der Waals surface area contributed by atoms with Gasteiger partial charge < -0.3 is 10.1 Å². The highest BCUT2D eigenvalue weighted by Gasteiger charge is 2.18. The number of amides is 1. The summed E-state index contributed by atoms with van der Waals surface area (Å²) in [7, 11) is 1.26. The molecule has 0 aliphatic carbocycles. The molecule has 0 fully saturated rings. The number of carbonyl (C=O) groups is 2. The topological polar surface area (TPSA) is 55.4 Å². The second-order valence-electron chi connectivity index (χ2n) is 3.09. The van der Waals surface area contributed by atoms with Crippen molar-refractivity contribution < 1.29 is 14.3 Å². The molecule has 0 saturated heterocycles. The highest BCUT2D eigenvalue weighted by Crippen LogP contribution is 2.13. The van der Waals surface area contributed by atoms with E-state index in [1.54, 1.807) is 12.1 Å². The van der Waals surface area contributed by atoms with Crippen molar-refractivity contribution in [3.63, 3.8) is 0 Å². The number of hydrogen-bond donors (Lipinski definition) is 1. The van der Waals surface area contributed by atoms with Crippen molar-refractivity contribution in [1.29, 1.82) is 0 Å². The van der Waals surface area contributed by atoms with Gasteiger partial charge in [-0.2, -0.15) is 0 Å². The predicted octanol–water partition coefficient (Wildman–Crippen LogP) is 1.67. The lowest BCUT2D eigenvalue weighted by atomic mass is 10.0. The number of rotatable bonds is 3. The average molecular weight is 207 g/mol. The molecule has 1 atom stereocenters. The molecule has 1 unspecified atom stereocenters. The van der Waals surface area contributed by atoms with Crippen LogP contribution in [0.2, 0.25) is 0 Å². The molecule has 0 aliphatic heterocycles. The Balaban J connectivity index is 2.84. The zero-order valence-corrected chi connectivity index (χ0v) is 8.69. The highest BCUT2D eigenvalue weighted by molar-refractivity contribution is 5.86. The normalized spacial score (nSPS) is 11.6. The van der Waals surface area contributed by atoms with Gasteiger partial charge in [0.1, 0.15) is 6.04 Å². The maximum atomic E-state index is 11.3. The van der Waals surface area contributed by atoms with Gasteiger partial charge in [0.15, 0.2) is 5.78 Å². The molecule has 4 nitrogen and oxygen atoms in total. The molecule has 1 amide bonds. The van der Waals surface area contributed by atoms with Gasteiger partial charge in [0.05, 0.1) is 7.11 Å². The fraction of sp³-hybridized carbons (Fsp3) is 0.273. The zero-order chi connectivity index (χ0) is 11.3. The Kier molecular flexibility index (Phi) is 3.85. The standard InChI is InChI=1S/C11H13NO3/c1-8(13)10(12-11(14)15-2)9-6-4-3-5-7-9/h3-7,10H,1-2H3,(H,12,14). The summed E-state index contributed by atoms with van der Waals surface area (Å²) in [5.74, 6) is -0.133. The van der Waals surface area contributed by atoms with Crippen molar-refractivity contribution in [2.75, 3.05) is 7.11 Å². The van der Waals surface area contributed by atoms with Crippen LogP contribution < -0.4 is 5.32 Å². The third-order valence-corrected chi connectivity index (χ3v) is 1.99. The van der Waals surface area contributed by atoms with Gasteiger partial charge in [-0.05, 0) is 12.5 Å². The van der Waals surface area contributed by atoms with E-state index in [2.05, 4.69) is 10.1 Å². The molecule has 1 aromatic rings. The van der Waals surface area contributed by atoms with Crippen molar-refractivity contribution in [3.8, 4) is 0 Å². The summed E-state index contributed by atoms with van der Waals surface area (Å²) in [6.07, 6.45) is -0.612. The molecule has 0 aromatic heterocycles. The zero-order valence-electron chi connectivity index (χ0n) is 8.69. The van der Waals surface area contributed by atoms with Crippen LogP contribution in [0.25, 0.3) is 0 Å². The van der Waals surface area contributed by atoms with Crippen molar-refractivity contribution in [3.05, 3.63) is 35.9 Å². The van der Waals surface area contributed by atoms with Crippen molar-refractivity contribution in [2.45, 2.75) is 13.0 Å². The quantitative estimate of drug-likeness (QED) is 0.820. The van der Waals surface area contributed by atoms with Gasteiger partial charge in [-0.1, -0.05) is 30.3 Å². The van der Waals surface area contributed by atoms with Gasteiger partial charge in [0.2, 0.25) is 0 Å². The molecule has 1 aromatic carbocycles. The number of alkyl carbamates (subject to hydrolysis) is 1. The summed E-state index contributed by atoms with van der Waals surface area (Å²) in [5, 5.41) is 2.47.